The van der Waals surface area contributed by atoms with Crippen LogP contribution in [0.5, 0.6) is 0 Å². The van der Waals surface area contributed by atoms with Crippen molar-refractivity contribution >= 4 is 27.5 Å². The van der Waals surface area contributed by atoms with Crippen molar-refractivity contribution in [3.05, 3.63) is 64.1 Å². The van der Waals surface area contributed by atoms with Gasteiger partial charge in [0.1, 0.15) is 12.4 Å². The maximum absolute atomic E-state index is 12.8. The zero-order valence-electron chi connectivity index (χ0n) is 16.0. The third-order valence-electron chi connectivity index (χ3n) is 5.12. The Bertz CT molecular complexity index is 972. The molecule has 28 heavy (non-hydrogen) atoms. The molecule has 7 nitrogen and oxygen atoms in total. The lowest BCUT2D eigenvalue weighted by molar-refractivity contribution is 0.0739. The molecule has 0 spiro atoms. The van der Waals surface area contributed by atoms with E-state index in [9.17, 15) is 4.79 Å². The van der Waals surface area contributed by atoms with Crippen molar-refractivity contribution in [1.29, 1.82) is 0 Å². The first-order valence-electron chi connectivity index (χ1n) is 9.35. The lowest BCUT2D eigenvalue weighted by Gasteiger charge is -2.35. The van der Waals surface area contributed by atoms with Crippen LogP contribution in [0.4, 0.5) is 5.69 Å². The average molecular weight is 443 g/mol. The molecule has 0 aliphatic carbocycles. The van der Waals surface area contributed by atoms with Crippen LogP contribution in [0, 0.1) is 13.8 Å². The third kappa shape index (κ3) is 3.69. The molecule has 0 unspecified atom stereocenters. The number of halogens is 1. The van der Waals surface area contributed by atoms with E-state index >= 15 is 0 Å². The van der Waals surface area contributed by atoms with Gasteiger partial charge in [0.15, 0.2) is 0 Å². The Kier molecular flexibility index (Phi) is 5.21. The Labute approximate surface area is 172 Å². The molecular formula is C20H23BrN6O. The highest BCUT2D eigenvalue weighted by atomic mass is 79.9. The molecule has 1 amide bonds. The maximum atomic E-state index is 12.8. The van der Waals surface area contributed by atoms with Gasteiger partial charge in [-0.1, -0.05) is 18.2 Å². The van der Waals surface area contributed by atoms with E-state index in [2.05, 4.69) is 43.2 Å². The van der Waals surface area contributed by atoms with Crippen LogP contribution in [-0.2, 0) is 6.67 Å². The first-order valence-corrected chi connectivity index (χ1v) is 10.1. The van der Waals surface area contributed by atoms with Crippen molar-refractivity contribution in [2.45, 2.75) is 20.5 Å². The standard InChI is InChI=1S/C20H23BrN6O/c1-15-19(21)16(2)27(22-15)14-26-9-8-18(23-26)20(28)25-12-10-24(11-13-25)17-6-4-3-5-7-17/h3-9H,10-14H2,1-2H3. The molecule has 1 saturated heterocycles. The monoisotopic (exact) mass is 442 g/mol. The number of hydrogen-bond donors (Lipinski definition) is 0. The van der Waals surface area contributed by atoms with Crippen molar-refractivity contribution < 1.29 is 4.79 Å². The quantitative estimate of drug-likeness (QED) is 0.623. The Morgan fingerprint density at radius 1 is 1.04 bits per heavy atom. The number of carbonyl (C=O) groups excluding carboxylic acids is 1. The number of aromatic nitrogens is 4. The van der Waals surface area contributed by atoms with Crippen LogP contribution in [0.2, 0.25) is 0 Å². The number of nitrogens with zero attached hydrogens (tertiary/aromatic N) is 6. The predicted molar refractivity (Wildman–Crippen MR) is 112 cm³/mol. The molecule has 1 aliphatic heterocycles. The number of para-hydroxylation sites is 1. The van der Waals surface area contributed by atoms with Gasteiger partial charge in [-0.3, -0.25) is 9.48 Å². The average Bonchev–Trinajstić information content (AvgIpc) is 3.29. The van der Waals surface area contributed by atoms with Gasteiger partial charge in [0.05, 0.1) is 15.9 Å². The fourth-order valence-electron chi connectivity index (χ4n) is 3.47. The van der Waals surface area contributed by atoms with Crippen LogP contribution in [-0.4, -0.2) is 56.5 Å². The molecule has 8 heteroatoms. The molecule has 1 aromatic carbocycles. The summed E-state index contributed by atoms with van der Waals surface area (Å²) < 4.78 is 4.63. The molecule has 0 radical (unpaired) electrons. The minimum atomic E-state index is -0.0130. The number of carbonyl (C=O) groups is 1. The van der Waals surface area contributed by atoms with Crippen molar-refractivity contribution in [1.82, 2.24) is 24.5 Å². The van der Waals surface area contributed by atoms with Crippen LogP contribution < -0.4 is 4.90 Å². The highest BCUT2D eigenvalue weighted by Crippen LogP contribution is 2.20. The highest BCUT2D eigenvalue weighted by Gasteiger charge is 2.24. The molecule has 146 valence electrons. The Morgan fingerprint density at radius 2 is 1.75 bits per heavy atom. The SMILES string of the molecule is Cc1nn(Cn2ccc(C(=O)N3CCN(c4ccccc4)CC3)n2)c(C)c1Br. The summed E-state index contributed by atoms with van der Waals surface area (Å²) in [5, 5.41) is 8.97. The molecule has 0 saturated carbocycles. The number of anilines is 1. The van der Waals surface area contributed by atoms with Gasteiger partial charge in [0.25, 0.3) is 5.91 Å². The van der Waals surface area contributed by atoms with Crippen LogP contribution in [0.15, 0.2) is 47.1 Å². The first kappa shape index (κ1) is 18.7. The van der Waals surface area contributed by atoms with Crippen molar-refractivity contribution in [3.8, 4) is 0 Å². The van der Waals surface area contributed by atoms with Crippen molar-refractivity contribution in [3.63, 3.8) is 0 Å². The normalized spacial score (nSPS) is 14.5. The van der Waals surface area contributed by atoms with Gasteiger partial charge < -0.3 is 9.80 Å². The van der Waals surface area contributed by atoms with Gasteiger partial charge in [0, 0.05) is 38.1 Å². The topological polar surface area (TPSA) is 59.2 Å². The van der Waals surface area contributed by atoms with E-state index in [4.69, 9.17) is 0 Å². The van der Waals surface area contributed by atoms with E-state index < -0.39 is 0 Å². The minimum Gasteiger partial charge on any atom is -0.368 e. The molecule has 1 fully saturated rings. The molecule has 1 aliphatic rings. The summed E-state index contributed by atoms with van der Waals surface area (Å²) in [4.78, 5) is 17.0. The summed E-state index contributed by atoms with van der Waals surface area (Å²) in [7, 11) is 0. The molecule has 3 aromatic rings. The number of benzene rings is 1. The smallest absolute Gasteiger partial charge is 0.274 e. The van der Waals surface area contributed by atoms with Gasteiger partial charge in [0.2, 0.25) is 0 Å². The van der Waals surface area contributed by atoms with Gasteiger partial charge in [-0.25, -0.2) is 4.68 Å². The second-order valence-electron chi connectivity index (χ2n) is 6.98. The largest absolute Gasteiger partial charge is 0.368 e. The lowest BCUT2D eigenvalue weighted by atomic mass is 10.2. The molecule has 0 atom stereocenters. The zero-order valence-corrected chi connectivity index (χ0v) is 17.6. The molecule has 0 bridgehead atoms. The number of aryl methyl sites for hydroxylation is 1. The van der Waals surface area contributed by atoms with Gasteiger partial charge in [-0.2, -0.15) is 10.2 Å². The summed E-state index contributed by atoms with van der Waals surface area (Å²) in [6.45, 7) is 7.50. The van der Waals surface area contributed by atoms with E-state index in [1.807, 2.05) is 47.8 Å². The Balaban J connectivity index is 1.39. The van der Waals surface area contributed by atoms with Gasteiger partial charge >= 0.3 is 0 Å². The predicted octanol–water partition coefficient (Wildman–Crippen LogP) is 2.93. The summed E-state index contributed by atoms with van der Waals surface area (Å²) in [5.74, 6) is -0.0130. The number of rotatable bonds is 4. The number of hydrogen-bond acceptors (Lipinski definition) is 4. The van der Waals surface area contributed by atoms with Crippen LogP contribution >= 0.6 is 15.9 Å². The highest BCUT2D eigenvalue weighted by molar-refractivity contribution is 9.10. The van der Waals surface area contributed by atoms with Gasteiger partial charge in [-0.05, 0) is 48.0 Å². The number of piperazine rings is 1. The van der Waals surface area contributed by atoms with Crippen LogP contribution in [0.1, 0.15) is 21.9 Å². The molecule has 3 heterocycles. The van der Waals surface area contributed by atoms with Gasteiger partial charge in [-0.15, -0.1) is 0 Å². The van der Waals surface area contributed by atoms with Crippen LogP contribution in [0.3, 0.4) is 0 Å². The van der Waals surface area contributed by atoms with E-state index in [0.717, 1.165) is 29.0 Å². The molecule has 2 aromatic heterocycles. The molecular weight excluding hydrogens is 420 g/mol. The zero-order chi connectivity index (χ0) is 19.7. The summed E-state index contributed by atoms with van der Waals surface area (Å²) in [6.07, 6.45) is 1.83. The van der Waals surface area contributed by atoms with Crippen molar-refractivity contribution in [2.24, 2.45) is 0 Å². The fraction of sp³-hybridized carbons (Fsp3) is 0.350. The Morgan fingerprint density at radius 3 is 2.39 bits per heavy atom. The second kappa shape index (κ2) is 7.79. The number of amides is 1. The van der Waals surface area contributed by atoms with E-state index in [1.54, 1.807) is 10.7 Å². The van der Waals surface area contributed by atoms with E-state index in [0.29, 0.717) is 25.5 Å². The lowest BCUT2D eigenvalue weighted by Crippen LogP contribution is -2.48. The van der Waals surface area contributed by atoms with E-state index in [1.165, 1.54) is 5.69 Å². The third-order valence-corrected chi connectivity index (χ3v) is 6.27. The molecule has 4 rings (SSSR count). The minimum absolute atomic E-state index is 0.0130. The summed E-state index contributed by atoms with van der Waals surface area (Å²) in [5.41, 5.74) is 3.67. The van der Waals surface area contributed by atoms with Crippen molar-refractivity contribution in [2.75, 3.05) is 31.1 Å². The first-order chi connectivity index (χ1) is 13.5. The summed E-state index contributed by atoms with van der Waals surface area (Å²) in [6, 6.07) is 12.1. The van der Waals surface area contributed by atoms with Crippen LogP contribution in [0.25, 0.3) is 0 Å². The maximum Gasteiger partial charge on any atom is 0.274 e. The molecule has 0 N–H and O–H groups in total. The second-order valence-corrected chi connectivity index (χ2v) is 7.77. The summed E-state index contributed by atoms with van der Waals surface area (Å²) >= 11 is 3.54. The van der Waals surface area contributed by atoms with E-state index in [-0.39, 0.29) is 5.91 Å². The fourth-order valence-corrected chi connectivity index (χ4v) is 3.76. The Hall–Kier alpha value is -2.61.